The van der Waals surface area contributed by atoms with Gasteiger partial charge in [0.25, 0.3) is 0 Å². The molecule has 0 radical (unpaired) electrons. The summed E-state index contributed by atoms with van der Waals surface area (Å²) in [5.74, 6) is 0.480. The molecular formula is C11H14N4O3. The molecule has 7 nitrogen and oxygen atoms in total. The molecule has 0 aliphatic carbocycles. The third-order valence-electron chi connectivity index (χ3n) is 3.12. The molecule has 0 spiro atoms. The zero-order valence-corrected chi connectivity index (χ0v) is 9.98. The lowest BCUT2D eigenvalue weighted by atomic mass is 10.2. The first-order valence-corrected chi connectivity index (χ1v) is 5.81. The van der Waals surface area contributed by atoms with Crippen LogP contribution in [0.1, 0.15) is 19.1 Å². The minimum Gasteiger partial charge on any atom is -0.479 e. The highest BCUT2D eigenvalue weighted by Crippen LogP contribution is 2.32. The van der Waals surface area contributed by atoms with Gasteiger partial charge in [-0.05, 0) is 12.8 Å². The molecule has 1 fully saturated rings. The lowest BCUT2D eigenvalue weighted by Gasteiger charge is -2.14. The number of fused-ring (bicyclic) bond motifs is 1. The van der Waals surface area contributed by atoms with Gasteiger partial charge in [0.05, 0.1) is 26.1 Å². The average Bonchev–Trinajstić information content (AvgIpc) is 3.03. The van der Waals surface area contributed by atoms with Crippen LogP contribution in [0.2, 0.25) is 0 Å². The van der Waals surface area contributed by atoms with E-state index in [1.165, 1.54) is 6.33 Å². The second-order valence-electron chi connectivity index (χ2n) is 4.18. The fraction of sp³-hybridized carbons (Fsp3) is 0.545. The quantitative estimate of drug-likeness (QED) is 0.854. The Morgan fingerprint density at radius 1 is 1.44 bits per heavy atom. The molecular weight excluding hydrogens is 236 g/mol. The smallest absolute Gasteiger partial charge is 0.243 e. The third-order valence-corrected chi connectivity index (χ3v) is 3.12. The van der Waals surface area contributed by atoms with Crippen LogP contribution in [0.4, 0.5) is 0 Å². The maximum absolute atomic E-state index is 9.10. The topological polar surface area (TPSA) is 82.3 Å². The predicted octanol–water partition coefficient (Wildman–Crippen LogP) is 0.505. The van der Waals surface area contributed by atoms with Crippen molar-refractivity contribution in [2.75, 3.05) is 13.7 Å². The van der Waals surface area contributed by atoms with E-state index in [0.29, 0.717) is 11.5 Å². The van der Waals surface area contributed by atoms with Crippen LogP contribution in [0, 0.1) is 0 Å². The lowest BCUT2D eigenvalue weighted by molar-refractivity contribution is -0.0206. The van der Waals surface area contributed by atoms with Gasteiger partial charge in [-0.15, -0.1) is 0 Å². The molecule has 1 N–H and O–H groups in total. The summed E-state index contributed by atoms with van der Waals surface area (Å²) >= 11 is 0. The molecule has 1 aliphatic rings. The summed E-state index contributed by atoms with van der Waals surface area (Å²) in [5.41, 5.74) is 1.31. The van der Waals surface area contributed by atoms with Crippen molar-refractivity contribution < 1.29 is 14.6 Å². The number of aliphatic hydroxyl groups is 1. The van der Waals surface area contributed by atoms with Crippen LogP contribution in [0.25, 0.3) is 11.2 Å². The second kappa shape index (κ2) is 4.51. The second-order valence-corrected chi connectivity index (χ2v) is 4.18. The normalized spacial score (nSPS) is 23.7. The fourth-order valence-electron chi connectivity index (χ4n) is 2.24. The molecule has 18 heavy (non-hydrogen) atoms. The zero-order chi connectivity index (χ0) is 12.5. The highest BCUT2D eigenvalue weighted by Gasteiger charge is 2.28. The van der Waals surface area contributed by atoms with Gasteiger partial charge in [-0.3, -0.25) is 4.57 Å². The molecule has 1 unspecified atom stereocenters. The first-order valence-electron chi connectivity index (χ1n) is 5.81. The van der Waals surface area contributed by atoms with Crippen LogP contribution in [-0.2, 0) is 4.74 Å². The van der Waals surface area contributed by atoms with Gasteiger partial charge in [0.2, 0.25) is 5.88 Å². The Balaban J connectivity index is 2.02. The van der Waals surface area contributed by atoms with Crippen molar-refractivity contribution in [3.63, 3.8) is 0 Å². The van der Waals surface area contributed by atoms with Gasteiger partial charge in [0, 0.05) is 0 Å². The van der Waals surface area contributed by atoms with E-state index in [0.717, 1.165) is 18.4 Å². The van der Waals surface area contributed by atoms with Gasteiger partial charge >= 0.3 is 0 Å². The van der Waals surface area contributed by atoms with Gasteiger partial charge in [-0.25, -0.2) is 9.97 Å². The summed E-state index contributed by atoms with van der Waals surface area (Å²) in [5, 5.41) is 9.10. The van der Waals surface area contributed by atoms with Gasteiger partial charge in [0.15, 0.2) is 11.2 Å². The van der Waals surface area contributed by atoms with E-state index in [-0.39, 0.29) is 18.9 Å². The highest BCUT2D eigenvalue weighted by atomic mass is 16.5. The van der Waals surface area contributed by atoms with Crippen LogP contribution < -0.4 is 4.74 Å². The van der Waals surface area contributed by atoms with Crippen LogP contribution in [0.3, 0.4) is 0 Å². The number of hydrogen-bond acceptors (Lipinski definition) is 6. The zero-order valence-electron chi connectivity index (χ0n) is 9.98. The molecule has 3 rings (SSSR count). The summed E-state index contributed by atoms with van der Waals surface area (Å²) in [4.78, 5) is 12.4. The Labute approximate surface area is 103 Å². The van der Waals surface area contributed by atoms with Crippen molar-refractivity contribution in [2.24, 2.45) is 0 Å². The van der Waals surface area contributed by atoms with Gasteiger partial charge in [-0.1, -0.05) is 0 Å². The Bertz CT molecular complexity index is 556. The molecule has 2 aromatic heterocycles. The van der Waals surface area contributed by atoms with E-state index in [1.807, 2.05) is 4.57 Å². The molecule has 96 valence electrons. The summed E-state index contributed by atoms with van der Waals surface area (Å²) in [6, 6.07) is 0. The van der Waals surface area contributed by atoms with Crippen molar-refractivity contribution in [3.8, 4) is 5.88 Å². The summed E-state index contributed by atoms with van der Waals surface area (Å²) < 4.78 is 12.8. The van der Waals surface area contributed by atoms with E-state index in [1.54, 1.807) is 13.4 Å². The van der Waals surface area contributed by atoms with Gasteiger partial charge < -0.3 is 14.6 Å². The maximum Gasteiger partial charge on any atom is 0.243 e. The molecule has 2 atom stereocenters. The van der Waals surface area contributed by atoms with Crippen molar-refractivity contribution in [1.29, 1.82) is 0 Å². The molecule has 0 saturated carbocycles. The molecule has 1 aliphatic heterocycles. The summed E-state index contributed by atoms with van der Waals surface area (Å²) in [6.45, 7) is 0.0385. The van der Waals surface area contributed by atoms with Gasteiger partial charge in [0.1, 0.15) is 12.6 Å². The number of imidazole rings is 1. The van der Waals surface area contributed by atoms with Crippen molar-refractivity contribution in [2.45, 2.75) is 25.2 Å². The van der Waals surface area contributed by atoms with E-state index in [9.17, 15) is 0 Å². The summed E-state index contributed by atoms with van der Waals surface area (Å²) in [7, 11) is 1.56. The van der Waals surface area contributed by atoms with Crippen molar-refractivity contribution in [1.82, 2.24) is 19.5 Å². The maximum atomic E-state index is 9.10. The number of hydrogen-bond donors (Lipinski definition) is 1. The number of aromatic nitrogens is 4. The molecule has 1 saturated heterocycles. The van der Waals surface area contributed by atoms with E-state index < -0.39 is 0 Å². The fourth-order valence-corrected chi connectivity index (χ4v) is 2.24. The number of nitrogens with zero attached hydrogens (tertiary/aromatic N) is 4. The minimum atomic E-state index is -0.146. The monoisotopic (exact) mass is 250 g/mol. The van der Waals surface area contributed by atoms with Crippen molar-refractivity contribution in [3.05, 3.63) is 12.7 Å². The Kier molecular flexibility index (Phi) is 2.85. The molecule has 7 heteroatoms. The Morgan fingerprint density at radius 2 is 2.33 bits per heavy atom. The number of aliphatic hydroxyl groups excluding tert-OH is 1. The summed E-state index contributed by atoms with van der Waals surface area (Å²) in [6.07, 6.45) is 4.50. The SMILES string of the molecule is COc1ncnc2ncn(C3CC[C@@H](CO)O3)c12. The van der Waals surface area contributed by atoms with E-state index >= 15 is 0 Å². The third kappa shape index (κ3) is 1.72. The first kappa shape index (κ1) is 11.4. The van der Waals surface area contributed by atoms with Crippen LogP contribution in [0.5, 0.6) is 5.88 Å². The highest BCUT2D eigenvalue weighted by molar-refractivity contribution is 5.76. The lowest BCUT2D eigenvalue weighted by Crippen LogP contribution is -2.14. The van der Waals surface area contributed by atoms with Crippen LogP contribution in [0.15, 0.2) is 12.7 Å². The number of ether oxygens (including phenoxy) is 2. The predicted molar refractivity (Wildman–Crippen MR) is 62.1 cm³/mol. The molecule has 0 amide bonds. The first-order chi connectivity index (χ1) is 8.83. The Morgan fingerprint density at radius 3 is 3.06 bits per heavy atom. The van der Waals surface area contributed by atoms with Crippen molar-refractivity contribution >= 4 is 11.2 Å². The van der Waals surface area contributed by atoms with Crippen LogP contribution >= 0.6 is 0 Å². The molecule has 0 aromatic carbocycles. The van der Waals surface area contributed by atoms with Gasteiger partial charge in [-0.2, -0.15) is 4.98 Å². The largest absolute Gasteiger partial charge is 0.479 e. The van der Waals surface area contributed by atoms with E-state index in [2.05, 4.69) is 15.0 Å². The minimum absolute atomic E-state index is 0.0385. The molecule has 3 heterocycles. The standard InChI is InChI=1S/C11H14N4O3/c1-17-11-9-10(12-5-13-11)14-6-15(9)8-3-2-7(4-16)18-8/h5-8,16H,2-4H2,1H3/t7-,8?/m0/s1. The Hall–Kier alpha value is -1.73. The van der Waals surface area contributed by atoms with Crippen LogP contribution in [-0.4, -0.2) is 44.4 Å². The number of methoxy groups -OCH3 is 1. The molecule has 2 aromatic rings. The number of rotatable bonds is 3. The molecule has 0 bridgehead atoms. The van der Waals surface area contributed by atoms with E-state index in [4.69, 9.17) is 14.6 Å². The average molecular weight is 250 g/mol.